The second kappa shape index (κ2) is 5.42. The minimum atomic E-state index is -0.352. The normalized spacial score (nSPS) is 18.6. The molecule has 1 atom stereocenters. The molecule has 0 radical (unpaired) electrons. The van der Waals surface area contributed by atoms with Gasteiger partial charge in [-0.1, -0.05) is 0 Å². The zero-order chi connectivity index (χ0) is 14.1. The van der Waals surface area contributed by atoms with Crippen molar-refractivity contribution in [2.24, 2.45) is 0 Å². The summed E-state index contributed by atoms with van der Waals surface area (Å²) in [5.74, 6) is 0.785. The molecule has 1 unspecified atom stereocenters. The Morgan fingerprint density at radius 3 is 3.10 bits per heavy atom. The number of carbonyl (C=O) groups excluding carboxylic acids is 1. The van der Waals surface area contributed by atoms with Gasteiger partial charge >= 0.3 is 5.97 Å². The number of fused-ring (bicyclic) bond motifs is 1. The van der Waals surface area contributed by atoms with Gasteiger partial charge in [0.25, 0.3) is 0 Å². The standard InChI is InChI=1S/C14H15ClN2O3/c1-19-14(18)9-2-3-11-12(6-9)17(13(7-15)16-11)10-4-5-20-8-10/h2-3,6,10H,4-5,7-8H2,1H3. The summed E-state index contributed by atoms with van der Waals surface area (Å²) in [4.78, 5) is 16.2. The maximum Gasteiger partial charge on any atom is 0.337 e. The quantitative estimate of drug-likeness (QED) is 0.645. The molecule has 2 aromatic rings. The molecule has 0 amide bonds. The predicted molar refractivity (Wildman–Crippen MR) is 75.1 cm³/mol. The summed E-state index contributed by atoms with van der Waals surface area (Å²) < 4.78 is 12.3. The van der Waals surface area contributed by atoms with Gasteiger partial charge in [0.15, 0.2) is 0 Å². The van der Waals surface area contributed by atoms with Crippen LogP contribution in [0.4, 0.5) is 0 Å². The molecule has 2 heterocycles. The minimum Gasteiger partial charge on any atom is -0.465 e. The first-order valence-electron chi connectivity index (χ1n) is 6.47. The highest BCUT2D eigenvalue weighted by atomic mass is 35.5. The highest BCUT2D eigenvalue weighted by Gasteiger charge is 2.23. The Morgan fingerprint density at radius 2 is 2.45 bits per heavy atom. The van der Waals surface area contributed by atoms with Crippen molar-refractivity contribution in [3.05, 3.63) is 29.6 Å². The van der Waals surface area contributed by atoms with E-state index < -0.39 is 0 Å². The summed E-state index contributed by atoms with van der Waals surface area (Å²) in [6, 6.07) is 5.57. The lowest BCUT2D eigenvalue weighted by Gasteiger charge is -2.14. The largest absolute Gasteiger partial charge is 0.465 e. The number of carbonyl (C=O) groups is 1. The molecule has 20 heavy (non-hydrogen) atoms. The fraction of sp³-hybridized carbons (Fsp3) is 0.429. The van der Waals surface area contributed by atoms with Crippen LogP contribution in [0.5, 0.6) is 0 Å². The molecule has 0 aliphatic carbocycles. The molecule has 1 aliphatic rings. The molecule has 106 valence electrons. The number of halogens is 1. The monoisotopic (exact) mass is 294 g/mol. The zero-order valence-electron chi connectivity index (χ0n) is 11.1. The molecular formula is C14H15ClN2O3. The first-order chi connectivity index (χ1) is 9.74. The lowest BCUT2D eigenvalue weighted by molar-refractivity contribution is 0.0601. The van der Waals surface area contributed by atoms with Gasteiger partial charge in [0, 0.05) is 6.61 Å². The molecule has 5 nitrogen and oxygen atoms in total. The van der Waals surface area contributed by atoms with Crippen molar-refractivity contribution in [3.63, 3.8) is 0 Å². The van der Waals surface area contributed by atoms with Crippen molar-refractivity contribution in [3.8, 4) is 0 Å². The van der Waals surface area contributed by atoms with Crippen LogP contribution in [-0.4, -0.2) is 35.8 Å². The zero-order valence-corrected chi connectivity index (χ0v) is 11.9. The number of rotatable bonds is 3. The second-order valence-electron chi connectivity index (χ2n) is 4.74. The topological polar surface area (TPSA) is 53.3 Å². The van der Waals surface area contributed by atoms with E-state index in [1.807, 2.05) is 12.1 Å². The fourth-order valence-corrected chi connectivity index (χ4v) is 2.80. The molecular weight excluding hydrogens is 280 g/mol. The molecule has 0 N–H and O–H groups in total. The number of ether oxygens (including phenoxy) is 2. The van der Waals surface area contributed by atoms with E-state index in [1.165, 1.54) is 7.11 Å². The van der Waals surface area contributed by atoms with Crippen LogP contribution >= 0.6 is 11.6 Å². The predicted octanol–water partition coefficient (Wildman–Crippen LogP) is 2.52. The van der Waals surface area contributed by atoms with Crippen LogP contribution in [0.25, 0.3) is 11.0 Å². The summed E-state index contributed by atoms with van der Waals surface area (Å²) >= 11 is 6.00. The van der Waals surface area contributed by atoms with Crippen molar-refractivity contribution in [1.82, 2.24) is 9.55 Å². The van der Waals surface area contributed by atoms with Gasteiger partial charge in [-0.05, 0) is 24.6 Å². The highest BCUT2D eigenvalue weighted by molar-refractivity contribution is 6.16. The van der Waals surface area contributed by atoms with Crippen molar-refractivity contribution >= 4 is 28.6 Å². The molecule has 1 aromatic heterocycles. The van der Waals surface area contributed by atoms with Crippen molar-refractivity contribution in [2.45, 2.75) is 18.3 Å². The molecule has 1 fully saturated rings. The smallest absolute Gasteiger partial charge is 0.337 e. The summed E-state index contributed by atoms with van der Waals surface area (Å²) in [6.07, 6.45) is 0.928. The van der Waals surface area contributed by atoms with Crippen LogP contribution in [0.3, 0.4) is 0 Å². The van der Waals surface area contributed by atoms with Crippen LogP contribution in [0.1, 0.15) is 28.6 Å². The van der Waals surface area contributed by atoms with Crippen LogP contribution in [0, 0.1) is 0 Å². The molecule has 1 saturated heterocycles. The summed E-state index contributed by atoms with van der Waals surface area (Å²) in [6.45, 7) is 1.39. The van der Waals surface area contributed by atoms with Gasteiger partial charge in [0.1, 0.15) is 5.82 Å². The third kappa shape index (κ3) is 2.17. The molecule has 1 aliphatic heterocycles. The lowest BCUT2D eigenvalue weighted by atomic mass is 10.2. The maximum absolute atomic E-state index is 11.7. The molecule has 0 bridgehead atoms. The van der Waals surface area contributed by atoms with E-state index >= 15 is 0 Å². The van der Waals surface area contributed by atoms with E-state index in [2.05, 4.69) is 9.55 Å². The number of nitrogens with zero attached hydrogens (tertiary/aromatic N) is 2. The van der Waals surface area contributed by atoms with Crippen LogP contribution in [0.15, 0.2) is 18.2 Å². The Labute approximate surface area is 121 Å². The van der Waals surface area contributed by atoms with E-state index in [4.69, 9.17) is 21.1 Å². The Bertz CT molecular complexity index is 647. The van der Waals surface area contributed by atoms with Crippen molar-refractivity contribution in [2.75, 3.05) is 20.3 Å². The van der Waals surface area contributed by atoms with E-state index in [1.54, 1.807) is 6.07 Å². The number of benzene rings is 1. The summed E-state index contributed by atoms with van der Waals surface area (Å²) in [5, 5.41) is 0. The number of hydrogen-bond acceptors (Lipinski definition) is 4. The minimum absolute atomic E-state index is 0.224. The van der Waals surface area contributed by atoms with Crippen LogP contribution < -0.4 is 0 Å². The van der Waals surface area contributed by atoms with Gasteiger partial charge in [0.2, 0.25) is 0 Å². The molecule has 1 aromatic carbocycles. The molecule has 0 spiro atoms. The number of hydrogen-bond donors (Lipinski definition) is 0. The third-order valence-corrected chi connectivity index (χ3v) is 3.81. The van der Waals surface area contributed by atoms with Gasteiger partial charge in [-0.2, -0.15) is 0 Å². The fourth-order valence-electron chi connectivity index (χ4n) is 2.62. The van der Waals surface area contributed by atoms with Crippen molar-refractivity contribution in [1.29, 1.82) is 0 Å². The lowest BCUT2D eigenvalue weighted by Crippen LogP contribution is -2.12. The van der Waals surface area contributed by atoms with Crippen molar-refractivity contribution < 1.29 is 14.3 Å². The first-order valence-corrected chi connectivity index (χ1v) is 7.01. The van der Waals surface area contributed by atoms with Gasteiger partial charge in [0.05, 0.1) is 42.2 Å². The average molecular weight is 295 g/mol. The molecule has 3 rings (SSSR count). The SMILES string of the molecule is COC(=O)c1ccc2nc(CCl)n(C3CCOC3)c2c1. The molecule has 0 saturated carbocycles. The van der Waals surface area contributed by atoms with E-state index in [9.17, 15) is 4.79 Å². The summed E-state index contributed by atoms with van der Waals surface area (Å²) in [7, 11) is 1.37. The maximum atomic E-state index is 11.7. The van der Waals surface area contributed by atoms with E-state index in [0.717, 1.165) is 29.9 Å². The number of alkyl halides is 1. The summed E-state index contributed by atoms with van der Waals surface area (Å²) in [5.41, 5.74) is 2.25. The highest BCUT2D eigenvalue weighted by Crippen LogP contribution is 2.28. The van der Waals surface area contributed by atoms with E-state index in [0.29, 0.717) is 18.1 Å². The first kappa shape index (κ1) is 13.4. The Morgan fingerprint density at radius 1 is 1.60 bits per heavy atom. The van der Waals surface area contributed by atoms with Gasteiger partial charge in [-0.15, -0.1) is 11.6 Å². The number of imidazole rings is 1. The molecule has 6 heteroatoms. The van der Waals surface area contributed by atoms with Gasteiger partial charge < -0.3 is 14.0 Å². The number of aromatic nitrogens is 2. The van der Waals surface area contributed by atoms with E-state index in [-0.39, 0.29) is 12.0 Å². The second-order valence-corrected chi connectivity index (χ2v) is 5.01. The Balaban J connectivity index is 2.15. The van der Waals surface area contributed by atoms with Crippen LogP contribution in [-0.2, 0) is 15.4 Å². The number of esters is 1. The number of methoxy groups -OCH3 is 1. The van der Waals surface area contributed by atoms with Crippen LogP contribution in [0.2, 0.25) is 0 Å². The Hall–Kier alpha value is -1.59. The van der Waals surface area contributed by atoms with Gasteiger partial charge in [-0.25, -0.2) is 9.78 Å². The third-order valence-electron chi connectivity index (χ3n) is 3.57. The van der Waals surface area contributed by atoms with Gasteiger partial charge in [-0.3, -0.25) is 0 Å². The average Bonchev–Trinajstić information content (AvgIpc) is 3.11. The Kier molecular flexibility index (Phi) is 3.63.